The third-order valence-corrected chi connectivity index (χ3v) is 31.9. The van der Waals surface area contributed by atoms with Crippen LogP contribution in [0.5, 0.6) is 0 Å². The molecule has 0 aliphatic carbocycles. The van der Waals surface area contributed by atoms with Crippen molar-refractivity contribution in [3.8, 4) is 0 Å². The molecule has 0 aromatic rings. The van der Waals surface area contributed by atoms with E-state index >= 15 is 0 Å². The molecular weight excluding hydrogens is 515 g/mol. The van der Waals surface area contributed by atoms with Crippen LogP contribution in [0.2, 0.25) is 55.6 Å². The number of allylic oxidation sites excluding steroid dienone is 1. The zero-order valence-electron chi connectivity index (χ0n) is 23.8. The molecule has 0 N–H and O–H groups in total. The zero-order chi connectivity index (χ0) is 24.3. The van der Waals surface area contributed by atoms with Gasteiger partial charge in [-0.05, 0) is 0 Å². The standard InChI is InChI=1S/C15H33OSi2.3C4H9.Sn/c1-13(2)18(14(3)4,15(5)6)16-11-10-12-17(7,8)9;3*1-3-4-2;/h11,13-15H,12H2,1-9H3;3*1,3-4H2,2H3;. The van der Waals surface area contributed by atoms with E-state index in [-0.39, 0.29) is 0 Å². The van der Waals surface area contributed by atoms with Crippen LogP contribution in [-0.4, -0.2) is 34.8 Å². The molecular formula is C27H60OSi2Sn. The molecule has 0 radical (unpaired) electrons. The Bertz CT molecular complexity index is 462. The van der Waals surface area contributed by atoms with Crippen molar-refractivity contribution in [2.24, 2.45) is 0 Å². The first kappa shape index (κ1) is 31.8. The van der Waals surface area contributed by atoms with E-state index in [1.807, 2.05) is 3.59 Å². The summed E-state index contributed by atoms with van der Waals surface area (Å²) in [4.78, 5) is 0. The SMILES string of the molecule is CCC[CH2][Sn]([CH2]CCC)([CH2]CCC)/[C](=C/O[Si](C(C)C)(C(C)C)C(C)C)C[Si](C)(C)C. The van der Waals surface area contributed by atoms with Gasteiger partial charge in [-0.25, -0.2) is 0 Å². The number of hydrogen-bond acceptors (Lipinski definition) is 1. The van der Waals surface area contributed by atoms with Crippen molar-refractivity contribution < 1.29 is 4.43 Å². The van der Waals surface area contributed by atoms with Gasteiger partial charge in [0.1, 0.15) is 0 Å². The van der Waals surface area contributed by atoms with Crippen LogP contribution in [0.25, 0.3) is 0 Å². The van der Waals surface area contributed by atoms with E-state index in [1.54, 1.807) is 13.3 Å². The Balaban J connectivity index is 6.53. The van der Waals surface area contributed by atoms with Crippen LogP contribution in [0, 0.1) is 0 Å². The van der Waals surface area contributed by atoms with Gasteiger partial charge in [0.25, 0.3) is 0 Å². The Kier molecular flexibility index (Phi) is 15.3. The van der Waals surface area contributed by atoms with Gasteiger partial charge in [0.15, 0.2) is 0 Å². The fourth-order valence-electron chi connectivity index (χ4n) is 5.91. The van der Waals surface area contributed by atoms with Gasteiger partial charge in [-0.3, -0.25) is 0 Å². The summed E-state index contributed by atoms with van der Waals surface area (Å²) in [5, 5.41) is 0. The van der Waals surface area contributed by atoms with Crippen LogP contribution < -0.4 is 0 Å². The van der Waals surface area contributed by atoms with E-state index in [1.165, 1.54) is 44.6 Å². The summed E-state index contributed by atoms with van der Waals surface area (Å²) in [5.74, 6) is 0. The molecule has 0 aromatic carbocycles. The summed E-state index contributed by atoms with van der Waals surface area (Å²) < 4.78 is 13.8. The van der Waals surface area contributed by atoms with E-state index in [0.717, 1.165) is 0 Å². The molecule has 31 heavy (non-hydrogen) atoms. The Morgan fingerprint density at radius 2 is 1.06 bits per heavy atom. The summed E-state index contributed by atoms with van der Waals surface area (Å²) in [7, 11) is -3.07. The van der Waals surface area contributed by atoms with Crippen molar-refractivity contribution in [1.29, 1.82) is 0 Å². The third kappa shape index (κ3) is 9.88. The van der Waals surface area contributed by atoms with E-state index in [0.29, 0.717) is 16.6 Å². The molecule has 0 aromatic heterocycles. The Morgan fingerprint density at radius 3 is 1.32 bits per heavy atom. The molecule has 0 saturated heterocycles. The monoisotopic (exact) mass is 576 g/mol. The van der Waals surface area contributed by atoms with Gasteiger partial charge < -0.3 is 0 Å². The average Bonchev–Trinajstić information content (AvgIpc) is 2.65. The molecule has 0 aliphatic rings. The van der Waals surface area contributed by atoms with Crippen LogP contribution in [0.4, 0.5) is 0 Å². The van der Waals surface area contributed by atoms with Crippen molar-refractivity contribution in [3.05, 3.63) is 9.85 Å². The number of rotatable bonds is 17. The van der Waals surface area contributed by atoms with Crippen LogP contribution in [-0.2, 0) is 4.43 Å². The fraction of sp³-hybridized carbons (Fsp3) is 0.926. The van der Waals surface area contributed by atoms with Crippen molar-refractivity contribution >= 4 is 34.8 Å². The molecule has 0 rings (SSSR count). The van der Waals surface area contributed by atoms with Crippen LogP contribution in [0.3, 0.4) is 0 Å². The average molecular weight is 576 g/mol. The van der Waals surface area contributed by atoms with E-state index in [9.17, 15) is 0 Å². The van der Waals surface area contributed by atoms with Crippen molar-refractivity contribution in [1.82, 2.24) is 0 Å². The van der Waals surface area contributed by atoms with Crippen molar-refractivity contribution in [2.75, 3.05) is 0 Å². The second kappa shape index (κ2) is 14.9. The van der Waals surface area contributed by atoms with E-state index < -0.39 is 34.8 Å². The second-order valence-corrected chi connectivity index (χ2v) is 36.7. The van der Waals surface area contributed by atoms with Crippen molar-refractivity contribution in [2.45, 2.75) is 156 Å². The zero-order valence-corrected chi connectivity index (χ0v) is 28.6. The summed E-state index contributed by atoms with van der Waals surface area (Å²) in [6.45, 7) is 29.5. The molecule has 0 unspecified atom stereocenters. The topological polar surface area (TPSA) is 9.23 Å². The van der Waals surface area contributed by atoms with Crippen molar-refractivity contribution in [3.63, 3.8) is 0 Å². The molecule has 0 amide bonds. The molecule has 1 nitrogen and oxygen atoms in total. The molecule has 0 fully saturated rings. The molecule has 0 spiro atoms. The number of unbranched alkanes of at least 4 members (excludes halogenated alkanes) is 3. The predicted octanol–water partition coefficient (Wildman–Crippen LogP) is 10.8. The van der Waals surface area contributed by atoms with E-state index in [2.05, 4.69) is 88.2 Å². The van der Waals surface area contributed by atoms with Gasteiger partial charge in [-0.15, -0.1) is 0 Å². The maximum absolute atomic E-state index is 7.22. The molecule has 0 atom stereocenters. The molecule has 0 aliphatic heterocycles. The second-order valence-electron chi connectivity index (χ2n) is 12.4. The molecule has 0 bridgehead atoms. The Labute approximate surface area is 204 Å². The molecule has 0 saturated carbocycles. The Hall–Kier alpha value is 0.772. The van der Waals surface area contributed by atoms with Gasteiger partial charge in [0.2, 0.25) is 0 Å². The van der Waals surface area contributed by atoms with E-state index in [4.69, 9.17) is 4.43 Å². The summed E-state index contributed by atoms with van der Waals surface area (Å²) >= 11 is -2.46. The van der Waals surface area contributed by atoms with Gasteiger partial charge in [-0.1, -0.05) is 0 Å². The van der Waals surface area contributed by atoms with Gasteiger partial charge in [-0.2, -0.15) is 0 Å². The first-order chi connectivity index (χ1) is 14.3. The Morgan fingerprint density at radius 1 is 0.710 bits per heavy atom. The molecule has 186 valence electrons. The summed E-state index contributed by atoms with van der Waals surface area (Å²) in [5.41, 5.74) is 1.97. The van der Waals surface area contributed by atoms with Gasteiger partial charge in [0, 0.05) is 0 Å². The summed E-state index contributed by atoms with van der Waals surface area (Å²) in [6, 6.07) is 1.39. The summed E-state index contributed by atoms with van der Waals surface area (Å²) in [6.07, 6.45) is 10.8. The van der Waals surface area contributed by atoms with Crippen LogP contribution in [0.15, 0.2) is 9.85 Å². The minimum absolute atomic E-state index is 0.656. The van der Waals surface area contributed by atoms with Crippen LogP contribution >= 0.6 is 0 Å². The first-order valence-corrected chi connectivity index (χ1v) is 27.0. The normalized spacial score (nSPS) is 14.2. The third-order valence-electron chi connectivity index (χ3n) is 7.54. The minimum atomic E-state index is -2.46. The quantitative estimate of drug-likeness (QED) is 0.124. The van der Waals surface area contributed by atoms with Gasteiger partial charge in [0.05, 0.1) is 0 Å². The molecule has 4 heteroatoms. The van der Waals surface area contributed by atoms with Gasteiger partial charge >= 0.3 is 206 Å². The first-order valence-electron chi connectivity index (χ1n) is 13.7. The maximum atomic E-state index is 7.22. The molecule has 0 heterocycles. The number of hydrogen-bond donors (Lipinski definition) is 0. The predicted molar refractivity (Wildman–Crippen MR) is 153 cm³/mol. The fourth-order valence-corrected chi connectivity index (χ4v) is 35.4. The van der Waals surface area contributed by atoms with Crippen LogP contribution in [0.1, 0.15) is 101 Å².